The smallest absolute Gasteiger partial charge is 0.307 e. The summed E-state index contributed by atoms with van der Waals surface area (Å²) in [6.07, 6.45) is 4.82. The maximum atomic E-state index is 13.0. The highest BCUT2D eigenvalue weighted by molar-refractivity contribution is 5.87. The number of carboxylic acids is 1. The number of ether oxygens (including phenoxy) is 1. The topological polar surface area (TPSA) is 70.1 Å². The Labute approximate surface area is 153 Å². The number of anilines is 1. The van der Waals surface area contributed by atoms with Crippen LogP contribution in [0.4, 0.5) is 5.69 Å². The first kappa shape index (κ1) is 16.9. The molecule has 0 aromatic heterocycles. The van der Waals surface area contributed by atoms with Crippen LogP contribution in [0.5, 0.6) is 5.75 Å². The second kappa shape index (κ2) is 6.67. The number of benzene rings is 1. The van der Waals surface area contributed by atoms with Crippen molar-refractivity contribution in [3.05, 3.63) is 36.4 Å². The van der Waals surface area contributed by atoms with Crippen LogP contribution in [-0.4, -0.2) is 55.2 Å². The summed E-state index contributed by atoms with van der Waals surface area (Å²) in [5, 5.41) is 9.57. The fourth-order valence-corrected chi connectivity index (χ4v) is 4.70. The molecule has 2 aliphatic carbocycles. The number of carboxylic acid groups (broad SMARTS) is 1. The van der Waals surface area contributed by atoms with E-state index in [2.05, 4.69) is 4.90 Å². The van der Waals surface area contributed by atoms with Crippen LogP contribution in [0.2, 0.25) is 0 Å². The molecule has 1 amide bonds. The zero-order valence-corrected chi connectivity index (χ0v) is 14.9. The standard InChI is InChI=1S/C20H24N2O4/c1-26-16-4-2-3-15(12-16)21-7-9-22(10-8-21)19(23)17-13-5-6-14(11-13)18(17)20(24)25/h2-6,12-14,17-18H,7-11H2,1H3,(H,24,25)/t13-,14+,17+,18+/m1/s1. The number of piperazine rings is 1. The summed E-state index contributed by atoms with van der Waals surface area (Å²) in [6, 6.07) is 7.92. The molecule has 2 fully saturated rings. The largest absolute Gasteiger partial charge is 0.497 e. The number of methoxy groups -OCH3 is 1. The molecule has 3 aliphatic rings. The van der Waals surface area contributed by atoms with Gasteiger partial charge in [0.2, 0.25) is 5.91 Å². The van der Waals surface area contributed by atoms with Crippen LogP contribution in [0.15, 0.2) is 36.4 Å². The Bertz CT molecular complexity index is 739. The Balaban J connectivity index is 1.42. The van der Waals surface area contributed by atoms with Gasteiger partial charge in [0.1, 0.15) is 5.75 Å². The fraction of sp³-hybridized carbons (Fsp3) is 0.500. The molecule has 1 saturated carbocycles. The van der Waals surface area contributed by atoms with Crippen LogP contribution in [0.1, 0.15) is 6.42 Å². The summed E-state index contributed by atoms with van der Waals surface area (Å²) in [6.45, 7) is 2.74. The van der Waals surface area contributed by atoms with Gasteiger partial charge in [-0.15, -0.1) is 0 Å². The van der Waals surface area contributed by atoms with E-state index in [9.17, 15) is 14.7 Å². The highest BCUT2D eigenvalue weighted by atomic mass is 16.5. The number of carbonyl (C=O) groups excluding carboxylic acids is 1. The van der Waals surface area contributed by atoms with Gasteiger partial charge in [-0.3, -0.25) is 9.59 Å². The maximum Gasteiger partial charge on any atom is 0.307 e. The lowest BCUT2D eigenvalue weighted by Gasteiger charge is -2.38. The Kier molecular flexibility index (Phi) is 4.34. The van der Waals surface area contributed by atoms with Gasteiger partial charge < -0.3 is 19.6 Å². The first-order chi connectivity index (χ1) is 12.6. The minimum Gasteiger partial charge on any atom is -0.497 e. The van der Waals surface area contributed by atoms with Crippen LogP contribution in [0.25, 0.3) is 0 Å². The molecule has 0 radical (unpaired) electrons. The van der Waals surface area contributed by atoms with Crippen LogP contribution < -0.4 is 9.64 Å². The van der Waals surface area contributed by atoms with Gasteiger partial charge >= 0.3 is 5.97 Å². The van der Waals surface area contributed by atoms with Crippen molar-refractivity contribution in [3.63, 3.8) is 0 Å². The van der Waals surface area contributed by atoms with Crippen molar-refractivity contribution in [1.82, 2.24) is 4.90 Å². The van der Waals surface area contributed by atoms with E-state index in [-0.39, 0.29) is 17.7 Å². The molecular formula is C20H24N2O4. The monoisotopic (exact) mass is 356 g/mol. The molecule has 1 aromatic rings. The second-order valence-electron chi connectivity index (χ2n) is 7.35. The SMILES string of the molecule is COc1cccc(N2CCN(C(=O)[C@@H]3[C@@H](C(=O)O)[C@H]4C=C[C@@H]3C4)CC2)c1. The predicted octanol–water partition coefficient (Wildman–Crippen LogP) is 1.87. The molecule has 1 saturated heterocycles. The van der Waals surface area contributed by atoms with E-state index >= 15 is 0 Å². The molecule has 1 aromatic carbocycles. The third-order valence-corrected chi connectivity index (χ3v) is 6.04. The Morgan fingerprint density at radius 1 is 1.08 bits per heavy atom. The molecule has 0 unspecified atom stereocenters. The molecule has 1 N–H and O–H groups in total. The van der Waals surface area contributed by atoms with Crippen LogP contribution in [-0.2, 0) is 9.59 Å². The number of carbonyl (C=O) groups is 2. The zero-order valence-electron chi connectivity index (χ0n) is 14.9. The summed E-state index contributed by atoms with van der Waals surface area (Å²) in [7, 11) is 1.65. The highest BCUT2D eigenvalue weighted by Crippen LogP contribution is 2.48. The lowest BCUT2D eigenvalue weighted by molar-refractivity contribution is -0.151. The second-order valence-corrected chi connectivity index (χ2v) is 7.35. The minimum absolute atomic E-state index is 0.0135. The van der Waals surface area contributed by atoms with E-state index in [1.807, 2.05) is 41.3 Å². The summed E-state index contributed by atoms with van der Waals surface area (Å²) < 4.78 is 5.28. The van der Waals surface area contributed by atoms with Gasteiger partial charge in [-0.1, -0.05) is 18.2 Å². The Morgan fingerprint density at radius 2 is 1.77 bits per heavy atom. The quantitative estimate of drug-likeness (QED) is 0.834. The minimum atomic E-state index is -0.838. The molecule has 4 rings (SSSR count). The number of nitrogens with zero attached hydrogens (tertiary/aromatic N) is 2. The predicted molar refractivity (Wildman–Crippen MR) is 97.1 cm³/mol. The number of rotatable bonds is 4. The highest BCUT2D eigenvalue weighted by Gasteiger charge is 2.52. The van der Waals surface area contributed by atoms with E-state index in [1.165, 1.54) is 0 Å². The van der Waals surface area contributed by atoms with Crippen molar-refractivity contribution < 1.29 is 19.4 Å². The van der Waals surface area contributed by atoms with Gasteiger partial charge in [-0.2, -0.15) is 0 Å². The van der Waals surface area contributed by atoms with Crippen molar-refractivity contribution in [1.29, 1.82) is 0 Å². The molecule has 1 heterocycles. The Hall–Kier alpha value is -2.50. The van der Waals surface area contributed by atoms with Crippen LogP contribution in [0.3, 0.4) is 0 Å². The summed E-state index contributed by atoms with van der Waals surface area (Å²) in [4.78, 5) is 28.8. The van der Waals surface area contributed by atoms with Gasteiger partial charge in [-0.05, 0) is 30.4 Å². The number of amides is 1. The average Bonchev–Trinajstić information content (AvgIpc) is 3.29. The number of hydrogen-bond donors (Lipinski definition) is 1. The average molecular weight is 356 g/mol. The first-order valence-electron chi connectivity index (χ1n) is 9.17. The van der Waals surface area contributed by atoms with Crippen LogP contribution >= 0.6 is 0 Å². The number of hydrogen-bond acceptors (Lipinski definition) is 4. The maximum absolute atomic E-state index is 13.0. The van der Waals surface area contributed by atoms with E-state index < -0.39 is 17.8 Å². The van der Waals surface area contributed by atoms with Crippen molar-refractivity contribution in [3.8, 4) is 5.75 Å². The molecule has 138 valence electrons. The van der Waals surface area contributed by atoms with E-state index in [1.54, 1.807) is 7.11 Å². The van der Waals surface area contributed by atoms with Crippen molar-refractivity contribution >= 4 is 17.6 Å². The van der Waals surface area contributed by atoms with E-state index in [0.29, 0.717) is 13.1 Å². The third kappa shape index (κ3) is 2.83. The normalized spacial score (nSPS) is 29.9. The van der Waals surface area contributed by atoms with Gasteiger partial charge in [0.15, 0.2) is 0 Å². The lowest BCUT2D eigenvalue weighted by Crippen LogP contribution is -2.52. The molecule has 26 heavy (non-hydrogen) atoms. The molecule has 0 spiro atoms. The third-order valence-electron chi connectivity index (χ3n) is 6.04. The van der Waals surface area contributed by atoms with Crippen molar-refractivity contribution in [2.75, 3.05) is 38.2 Å². The van der Waals surface area contributed by atoms with Crippen LogP contribution in [0, 0.1) is 23.7 Å². The molecule has 6 nitrogen and oxygen atoms in total. The summed E-state index contributed by atoms with van der Waals surface area (Å²) >= 11 is 0. The fourth-order valence-electron chi connectivity index (χ4n) is 4.70. The van der Waals surface area contributed by atoms with Crippen molar-refractivity contribution in [2.45, 2.75) is 6.42 Å². The first-order valence-corrected chi connectivity index (χ1v) is 9.17. The molecular weight excluding hydrogens is 332 g/mol. The van der Waals surface area contributed by atoms with E-state index in [0.717, 1.165) is 30.9 Å². The number of allylic oxidation sites excluding steroid dienone is 2. The lowest BCUT2D eigenvalue weighted by atomic mass is 9.82. The Morgan fingerprint density at radius 3 is 2.42 bits per heavy atom. The van der Waals surface area contributed by atoms with Crippen molar-refractivity contribution in [2.24, 2.45) is 23.7 Å². The van der Waals surface area contributed by atoms with Gasteiger partial charge in [0.05, 0.1) is 18.9 Å². The molecule has 1 aliphatic heterocycles. The van der Waals surface area contributed by atoms with Gasteiger partial charge in [-0.25, -0.2) is 0 Å². The molecule has 6 heteroatoms. The number of fused-ring (bicyclic) bond motifs is 2. The molecule has 4 atom stereocenters. The molecule has 2 bridgehead atoms. The zero-order chi connectivity index (χ0) is 18.3. The van der Waals surface area contributed by atoms with E-state index in [4.69, 9.17) is 4.74 Å². The van der Waals surface area contributed by atoms with Gasteiger partial charge in [0.25, 0.3) is 0 Å². The number of aliphatic carboxylic acids is 1. The van der Waals surface area contributed by atoms with Gasteiger partial charge in [0, 0.05) is 37.9 Å². The summed E-state index contributed by atoms with van der Waals surface area (Å²) in [5.41, 5.74) is 1.09. The summed E-state index contributed by atoms with van der Waals surface area (Å²) in [5.74, 6) is -0.858.